The standard InChI is InChI=1S/C18H20O3/c1-14-7-5-6-8-15(14)13-16(18(19)20)11-12-21-17-9-3-2-4-10-17/h2-10,16H,11-13H2,1H3,(H,19,20). The summed E-state index contributed by atoms with van der Waals surface area (Å²) in [4.78, 5) is 11.4. The largest absolute Gasteiger partial charge is 0.494 e. The monoisotopic (exact) mass is 284 g/mol. The number of rotatable bonds is 7. The number of para-hydroxylation sites is 1. The van der Waals surface area contributed by atoms with Crippen molar-refractivity contribution >= 4 is 5.97 Å². The van der Waals surface area contributed by atoms with Crippen LogP contribution in [-0.2, 0) is 11.2 Å². The molecule has 2 rings (SSSR count). The van der Waals surface area contributed by atoms with Crippen LogP contribution in [0, 0.1) is 12.8 Å². The number of carbonyl (C=O) groups is 1. The van der Waals surface area contributed by atoms with Crippen LogP contribution in [0.1, 0.15) is 17.5 Å². The summed E-state index contributed by atoms with van der Waals surface area (Å²) in [5, 5.41) is 9.37. The Morgan fingerprint density at radius 3 is 2.43 bits per heavy atom. The number of carboxylic acids is 1. The molecule has 3 nitrogen and oxygen atoms in total. The third-order valence-electron chi connectivity index (χ3n) is 3.56. The highest BCUT2D eigenvalue weighted by atomic mass is 16.5. The molecule has 0 heterocycles. The Morgan fingerprint density at radius 1 is 1.10 bits per heavy atom. The maximum atomic E-state index is 11.4. The van der Waals surface area contributed by atoms with Crippen molar-refractivity contribution in [3.63, 3.8) is 0 Å². The molecule has 1 atom stereocenters. The van der Waals surface area contributed by atoms with Crippen molar-refractivity contribution in [2.24, 2.45) is 5.92 Å². The third-order valence-corrected chi connectivity index (χ3v) is 3.56. The molecule has 21 heavy (non-hydrogen) atoms. The molecule has 1 unspecified atom stereocenters. The zero-order chi connectivity index (χ0) is 15.1. The van der Waals surface area contributed by atoms with E-state index in [9.17, 15) is 9.90 Å². The molecule has 3 heteroatoms. The first-order valence-corrected chi connectivity index (χ1v) is 7.12. The molecule has 0 aromatic heterocycles. The van der Waals surface area contributed by atoms with Crippen LogP contribution in [0.5, 0.6) is 5.75 Å². The number of carboxylic acid groups (broad SMARTS) is 1. The average molecular weight is 284 g/mol. The Balaban J connectivity index is 1.91. The van der Waals surface area contributed by atoms with Crippen molar-refractivity contribution in [3.8, 4) is 5.75 Å². The lowest BCUT2D eigenvalue weighted by atomic mass is 9.94. The van der Waals surface area contributed by atoms with Crippen LogP contribution in [0.15, 0.2) is 54.6 Å². The molecular formula is C18H20O3. The Labute approximate surface area is 125 Å². The van der Waals surface area contributed by atoms with Gasteiger partial charge in [-0.3, -0.25) is 4.79 Å². The Kier molecular flexibility index (Phi) is 5.38. The maximum absolute atomic E-state index is 11.4. The van der Waals surface area contributed by atoms with Gasteiger partial charge in [0.1, 0.15) is 5.75 Å². The van der Waals surface area contributed by atoms with Gasteiger partial charge in [0, 0.05) is 0 Å². The second-order valence-corrected chi connectivity index (χ2v) is 5.12. The molecule has 110 valence electrons. The number of aryl methyl sites for hydroxylation is 1. The Bertz CT molecular complexity index is 578. The smallest absolute Gasteiger partial charge is 0.306 e. The van der Waals surface area contributed by atoms with Crippen LogP contribution in [0.25, 0.3) is 0 Å². The highest BCUT2D eigenvalue weighted by molar-refractivity contribution is 5.70. The number of hydrogen-bond donors (Lipinski definition) is 1. The normalized spacial score (nSPS) is 11.9. The van der Waals surface area contributed by atoms with Gasteiger partial charge < -0.3 is 9.84 Å². The summed E-state index contributed by atoms with van der Waals surface area (Å²) < 4.78 is 5.59. The lowest BCUT2D eigenvalue weighted by Gasteiger charge is -2.14. The van der Waals surface area contributed by atoms with E-state index in [2.05, 4.69) is 0 Å². The molecule has 0 aliphatic heterocycles. The quantitative estimate of drug-likeness (QED) is 0.843. The fourth-order valence-corrected chi connectivity index (χ4v) is 2.25. The summed E-state index contributed by atoms with van der Waals surface area (Å²) in [7, 11) is 0. The molecule has 0 aliphatic carbocycles. The summed E-state index contributed by atoms with van der Waals surface area (Å²) in [6.45, 7) is 2.42. The molecule has 0 saturated heterocycles. The van der Waals surface area contributed by atoms with E-state index in [1.807, 2.05) is 61.5 Å². The minimum atomic E-state index is -0.769. The molecule has 0 amide bonds. The SMILES string of the molecule is Cc1ccccc1CC(CCOc1ccccc1)C(=O)O. The molecular weight excluding hydrogens is 264 g/mol. The van der Waals surface area contributed by atoms with Crippen molar-refractivity contribution in [1.82, 2.24) is 0 Å². The number of aliphatic carboxylic acids is 1. The molecule has 2 aromatic carbocycles. The van der Waals surface area contributed by atoms with E-state index in [0.29, 0.717) is 19.4 Å². The zero-order valence-corrected chi connectivity index (χ0v) is 12.2. The van der Waals surface area contributed by atoms with Gasteiger partial charge in [-0.1, -0.05) is 42.5 Å². The van der Waals surface area contributed by atoms with Gasteiger partial charge in [0.05, 0.1) is 12.5 Å². The van der Waals surface area contributed by atoms with Gasteiger partial charge in [-0.15, -0.1) is 0 Å². The van der Waals surface area contributed by atoms with Gasteiger partial charge in [-0.25, -0.2) is 0 Å². The van der Waals surface area contributed by atoms with E-state index in [4.69, 9.17) is 4.74 Å². The van der Waals surface area contributed by atoms with Crippen LogP contribution < -0.4 is 4.74 Å². The molecule has 0 fully saturated rings. The number of benzene rings is 2. The second-order valence-electron chi connectivity index (χ2n) is 5.12. The summed E-state index contributed by atoms with van der Waals surface area (Å²) >= 11 is 0. The third kappa shape index (κ3) is 4.63. The molecule has 0 aliphatic rings. The summed E-state index contributed by atoms with van der Waals surface area (Å²) in [6, 6.07) is 17.4. The van der Waals surface area contributed by atoms with Crippen LogP contribution in [0.3, 0.4) is 0 Å². The molecule has 0 radical (unpaired) electrons. The molecule has 1 N–H and O–H groups in total. The summed E-state index contributed by atoms with van der Waals surface area (Å²) in [5.74, 6) is -0.415. The van der Waals surface area contributed by atoms with E-state index in [1.165, 1.54) is 0 Å². The fourth-order valence-electron chi connectivity index (χ4n) is 2.25. The topological polar surface area (TPSA) is 46.5 Å². The predicted molar refractivity (Wildman–Crippen MR) is 82.6 cm³/mol. The van der Waals surface area contributed by atoms with E-state index < -0.39 is 11.9 Å². The van der Waals surface area contributed by atoms with Crippen LogP contribution >= 0.6 is 0 Å². The molecule has 0 saturated carbocycles. The lowest BCUT2D eigenvalue weighted by Crippen LogP contribution is -2.19. The first-order valence-electron chi connectivity index (χ1n) is 7.12. The second kappa shape index (κ2) is 7.48. The lowest BCUT2D eigenvalue weighted by molar-refractivity contribution is -0.142. The average Bonchev–Trinajstić information content (AvgIpc) is 2.49. The summed E-state index contributed by atoms with van der Waals surface area (Å²) in [5.41, 5.74) is 2.22. The fraction of sp³-hybridized carbons (Fsp3) is 0.278. The van der Waals surface area contributed by atoms with Gasteiger partial charge in [-0.05, 0) is 43.0 Å². The van der Waals surface area contributed by atoms with E-state index >= 15 is 0 Å². The van der Waals surface area contributed by atoms with Crippen molar-refractivity contribution in [2.45, 2.75) is 19.8 Å². The number of ether oxygens (including phenoxy) is 1. The van der Waals surface area contributed by atoms with Crippen LogP contribution in [0.4, 0.5) is 0 Å². The first-order chi connectivity index (χ1) is 10.2. The molecule has 0 spiro atoms. The number of hydrogen-bond acceptors (Lipinski definition) is 2. The molecule has 0 bridgehead atoms. The van der Waals surface area contributed by atoms with Crippen LogP contribution in [0.2, 0.25) is 0 Å². The minimum absolute atomic E-state index is 0.410. The Morgan fingerprint density at radius 2 is 1.76 bits per heavy atom. The van der Waals surface area contributed by atoms with E-state index in [0.717, 1.165) is 16.9 Å². The van der Waals surface area contributed by atoms with Gasteiger partial charge in [0.25, 0.3) is 0 Å². The Hall–Kier alpha value is -2.29. The highest BCUT2D eigenvalue weighted by Gasteiger charge is 2.18. The van der Waals surface area contributed by atoms with Crippen LogP contribution in [-0.4, -0.2) is 17.7 Å². The van der Waals surface area contributed by atoms with Gasteiger partial charge in [-0.2, -0.15) is 0 Å². The zero-order valence-electron chi connectivity index (χ0n) is 12.2. The van der Waals surface area contributed by atoms with Gasteiger partial charge >= 0.3 is 5.97 Å². The van der Waals surface area contributed by atoms with Crippen molar-refractivity contribution in [1.29, 1.82) is 0 Å². The minimum Gasteiger partial charge on any atom is -0.494 e. The first kappa shape index (κ1) is 15.1. The van der Waals surface area contributed by atoms with Gasteiger partial charge in [0.15, 0.2) is 0 Å². The maximum Gasteiger partial charge on any atom is 0.306 e. The van der Waals surface area contributed by atoms with E-state index in [-0.39, 0.29) is 0 Å². The predicted octanol–water partition coefficient (Wildman–Crippen LogP) is 3.71. The van der Waals surface area contributed by atoms with E-state index in [1.54, 1.807) is 0 Å². The van der Waals surface area contributed by atoms with Crippen molar-refractivity contribution in [2.75, 3.05) is 6.61 Å². The van der Waals surface area contributed by atoms with Gasteiger partial charge in [0.2, 0.25) is 0 Å². The van der Waals surface area contributed by atoms with Crippen molar-refractivity contribution < 1.29 is 14.6 Å². The highest BCUT2D eigenvalue weighted by Crippen LogP contribution is 2.17. The molecule has 2 aromatic rings. The van der Waals surface area contributed by atoms with Crippen molar-refractivity contribution in [3.05, 3.63) is 65.7 Å². The summed E-state index contributed by atoms with van der Waals surface area (Å²) in [6.07, 6.45) is 1.04.